The molecule has 5 heteroatoms. The summed E-state index contributed by atoms with van der Waals surface area (Å²) in [5, 5.41) is 2.76. The van der Waals surface area contributed by atoms with Gasteiger partial charge in [0.15, 0.2) is 0 Å². The lowest BCUT2D eigenvalue weighted by Crippen LogP contribution is -2.13. The third kappa shape index (κ3) is 2.85. The van der Waals surface area contributed by atoms with Crippen molar-refractivity contribution in [1.29, 1.82) is 0 Å². The first-order valence-electron chi connectivity index (χ1n) is 5.60. The molecule has 0 bridgehead atoms. The van der Waals surface area contributed by atoms with Gasteiger partial charge in [0.25, 0.3) is 5.91 Å². The van der Waals surface area contributed by atoms with Crippen molar-refractivity contribution in [2.45, 2.75) is 6.92 Å². The average Bonchev–Trinajstić information content (AvgIpc) is 2.37. The summed E-state index contributed by atoms with van der Waals surface area (Å²) >= 11 is 5.95. The van der Waals surface area contributed by atoms with Gasteiger partial charge in [-0.15, -0.1) is 0 Å². The van der Waals surface area contributed by atoms with Crippen LogP contribution < -0.4 is 11.1 Å². The number of amides is 1. The second-order valence-corrected chi connectivity index (χ2v) is 4.50. The largest absolute Gasteiger partial charge is 0.398 e. The maximum absolute atomic E-state index is 13.4. The quantitative estimate of drug-likeness (QED) is 0.824. The van der Waals surface area contributed by atoms with Gasteiger partial charge in [0, 0.05) is 5.69 Å². The van der Waals surface area contributed by atoms with E-state index in [1.807, 2.05) is 0 Å². The van der Waals surface area contributed by atoms with Crippen LogP contribution in [0, 0.1) is 12.7 Å². The topological polar surface area (TPSA) is 55.1 Å². The lowest BCUT2D eigenvalue weighted by molar-refractivity contribution is 0.102. The highest BCUT2D eigenvalue weighted by Crippen LogP contribution is 2.24. The number of nitrogens with one attached hydrogen (secondary N) is 1. The van der Waals surface area contributed by atoms with Crippen LogP contribution in [-0.2, 0) is 0 Å². The van der Waals surface area contributed by atoms with E-state index in [-0.39, 0.29) is 16.4 Å². The van der Waals surface area contributed by atoms with Crippen LogP contribution in [0.5, 0.6) is 0 Å². The second kappa shape index (κ2) is 5.28. The minimum absolute atomic E-state index is 0.188. The summed E-state index contributed by atoms with van der Waals surface area (Å²) in [6.07, 6.45) is 0. The Kier molecular flexibility index (Phi) is 3.71. The molecule has 1 amide bonds. The molecular formula is C14H12ClFN2O. The number of carbonyl (C=O) groups excluding carboxylic acids is 1. The van der Waals surface area contributed by atoms with Crippen LogP contribution in [-0.4, -0.2) is 5.91 Å². The second-order valence-electron chi connectivity index (χ2n) is 4.13. The molecule has 3 N–H and O–H groups in total. The SMILES string of the molecule is Cc1ccc(NC(=O)c2cccc(N)c2Cl)cc1F. The first-order chi connectivity index (χ1) is 8.99. The van der Waals surface area contributed by atoms with Gasteiger partial charge in [-0.1, -0.05) is 23.7 Å². The van der Waals surface area contributed by atoms with Crippen molar-refractivity contribution in [1.82, 2.24) is 0 Å². The van der Waals surface area contributed by atoms with Gasteiger partial charge in [-0.25, -0.2) is 4.39 Å². The fraction of sp³-hybridized carbons (Fsp3) is 0.0714. The summed E-state index contributed by atoms with van der Waals surface area (Å²) in [5.74, 6) is -0.808. The Balaban J connectivity index is 2.26. The van der Waals surface area contributed by atoms with Crippen LogP contribution in [0.3, 0.4) is 0 Å². The minimum atomic E-state index is -0.430. The highest BCUT2D eigenvalue weighted by atomic mass is 35.5. The molecular weight excluding hydrogens is 267 g/mol. The summed E-state index contributed by atoms with van der Waals surface area (Å²) in [6, 6.07) is 9.25. The molecule has 0 aliphatic carbocycles. The van der Waals surface area contributed by atoms with Crippen molar-refractivity contribution in [3.8, 4) is 0 Å². The third-order valence-electron chi connectivity index (χ3n) is 2.70. The fourth-order valence-electron chi connectivity index (χ4n) is 1.59. The molecule has 0 fully saturated rings. The molecule has 0 heterocycles. The van der Waals surface area contributed by atoms with E-state index < -0.39 is 5.91 Å². The van der Waals surface area contributed by atoms with E-state index in [1.54, 1.807) is 37.3 Å². The number of aryl methyl sites for hydroxylation is 1. The Morgan fingerprint density at radius 1 is 1.32 bits per heavy atom. The number of hydrogen-bond donors (Lipinski definition) is 2. The Bertz CT molecular complexity index is 643. The van der Waals surface area contributed by atoms with Crippen LogP contribution >= 0.6 is 11.6 Å². The van der Waals surface area contributed by atoms with E-state index in [9.17, 15) is 9.18 Å². The number of anilines is 2. The average molecular weight is 279 g/mol. The molecule has 0 saturated carbocycles. The van der Waals surface area contributed by atoms with Crippen molar-refractivity contribution >= 4 is 28.9 Å². The van der Waals surface area contributed by atoms with E-state index in [0.717, 1.165) is 0 Å². The number of nitrogens with two attached hydrogens (primary N) is 1. The molecule has 2 rings (SSSR count). The van der Waals surface area contributed by atoms with Gasteiger partial charge in [-0.2, -0.15) is 0 Å². The van der Waals surface area contributed by atoms with Crippen molar-refractivity contribution in [2.75, 3.05) is 11.1 Å². The van der Waals surface area contributed by atoms with Crippen molar-refractivity contribution in [3.05, 3.63) is 58.4 Å². The van der Waals surface area contributed by atoms with Gasteiger partial charge in [-0.05, 0) is 36.8 Å². The monoisotopic (exact) mass is 278 g/mol. The van der Waals surface area contributed by atoms with Gasteiger partial charge in [0.2, 0.25) is 0 Å². The zero-order chi connectivity index (χ0) is 14.0. The van der Waals surface area contributed by atoms with E-state index in [0.29, 0.717) is 16.9 Å². The summed E-state index contributed by atoms with van der Waals surface area (Å²) < 4.78 is 13.4. The van der Waals surface area contributed by atoms with E-state index in [2.05, 4.69) is 5.32 Å². The molecule has 2 aromatic rings. The predicted molar refractivity (Wildman–Crippen MR) is 75.0 cm³/mol. The van der Waals surface area contributed by atoms with Gasteiger partial charge in [0.05, 0.1) is 16.3 Å². The molecule has 0 aliphatic rings. The summed E-state index contributed by atoms with van der Waals surface area (Å²) in [6.45, 7) is 1.65. The highest BCUT2D eigenvalue weighted by Gasteiger charge is 2.12. The Hall–Kier alpha value is -2.07. The van der Waals surface area contributed by atoms with Crippen LogP contribution in [0.15, 0.2) is 36.4 Å². The highest BCUT2D eigenvalue weighted by molar-refractivity contribution is 6.36. The number of carbonyl (C=O) groups is 1. The number of hydrogen-bond acceptors (Lipinski definition) is 2. The minimum Gasteiger partial charge on any atom is -0.398 e. The lowest BCUT2D eigenvalue weighted by Gasteiger charge is -2.08. The lowest BCUT2D eigenvalue weighted by atomic mass is 10.1. The van der Waals surface area contributed by atoms with Crippen LogP contribution in [0.1, 0.15) is 15.9 Å². The molecule has 0 spiro atoms. The van der Waals surface area contributed by atoms with E-state index in [1.165, 1.54) is 6.07 Å². The first-order valence-corrected chi connectivity index (χ1v) is 5.98. The number of halogens is 2. The summed E-state index contributed by atoms with van der Waals surface area (Å²) in [4.78, 5) is 12.0. The van der Waals surface area contributed by atoms with Gasteiger partial charge in [-0.3, -0.25) is 4.79 Å². The molecule has 3 nitrogen and oxygen atoms in total. The predicted octanol–water partition coefficient (Wildman–Crippen LogP) is 3.62. The van der Waals surface area contributed by atoms with Crippen molar-refractivity contribution in [3.63, 3.8) is 0 Å². The van der Waals surface area contributed by atoms with Crippen LogP contribution in [0.4, 0.5) is 15.8 Å². The first kappa shape index (κ1) is 13.4. The Morgan fingerprint density at radius 3 is 2.74 bits per heavy atom. The van der Waals surface area contributed by atoms with Crippen molar-refractivity contribution in [2.24, 2.45) is 0 Å². The molecule has 0 atom stereocenters. The maximum Gasteiger partial charge on any atom is 0.257 e. The van der Waals surface area contributed by atoms with Crippen molar-refractivity contribution < 1.29 is 9.18 Å². The molecule has 0 radical (unpaired) electrons. The number of nitrogen functional groups attached to an aromatic ring is 1. The molecule has 19 heavy (non-hydrogen) atoms. The van der Waals surface area contributed by atoms with E-state index in [4.69, 9.17) is 17.3 Å². The van der Waals surface area contributed by atoms with Gasteiger partial charge in [0.1, 0.15) is 5.82 Å². The van der Waals surface area contributed by atoms with E-state index >= 15 is 0 Å². The maximum atomic E-state index is 13.4. The molecule has 0 saturated heterocycles. The Labute approximate surface area is 115 Å². The molecule has 0 unspecified atom stereocenters. The zero-order valence-electron chi connectivity index (χ0n) is 10.2. The number of benzene rings is 2. The fourth-order valence-corrected chi connectivity index (χ4v) is 1.81. The zero-order valence-corrected chi connectivity index (χ0v) is 11.0. The summed E-state index contributed by atoms with van der Waals surface area (Å²) in [5.41, 5.74) is 7.08. The third-order valence-corrected chi connectivity index (χ3v) is 3.12. The van der Waals surface area contributed by atoms with Crippen LogP contribution in [0.2, 0.25) is 5.02 Å². The summed E-state index contributed by atoms with van der Waals surface area (Å²) in [7, 11) is 0. The molecule has 0 aliphatic heterocycles. The standard InChI is InChI=1S/C14H12ClFN2O/c1-8-5-6-9(7-11(8)16)18-14(19)10-3-2-4-12(17)13(10)15/h2-7H,17H2,1H3,(H,18,19). The van der Waals surface area contributed by atoms with Gasteiger partial charge < -0.3 is 11.1 Å². The Morgan fingerprint density at radius 2 is 2.05 bits per heavy atom. The molecule has 98 valence electrons. The molecule has 2 aromatic carbocycles. The molecule has 0 aromatic heterocycles. The number of rotatable bonds is 2. The normalized spacial score (nSPS) is 10.3. The van der Waals surface area contributed by atoms with Crippen LogP contribution in [0.25, 0.3) is 0 Å². The van der Waals surface area contributed by atoms with Gasteiger partial charge >= 0.3 is 0 Å². The smallest absolute Gasteiger partial charge is 0.257 e.